The number of hydrogen-bond acceptors (Lipinski definition) is 3. The van der Waals surface area contributed by atoms with E-state index < -0.39 is 0 Å². The summed E-state index contributed by atoms with van der Waals surface area (Å²) >= 11 is 0. The van der Waals surface area contributed by atoms with Gasteiger partial charge in [0, 0.05) is 26.2 Å². The van der Waals surface area contributed by atoms with E-state index in [1.54, 1.807) is 0 Å². The van der Waals surface area contributed by atoms with Crippen molar-refractivity contribution in [3.63, 3.8) is 0 Å². The number of likely N-dealkylation sites (tertiary alicyclic amines) is 2. The second-order valence-corrected chi connectivity index (χ2v) is 7.52. The van der Waals surface area contributed by atoms with Crippen LogP contribution in [0.1, 0.15) is 50.2 Å². The molecule has 0 bridgehead atoms. The van der Waals surface area contributed by atoms with Gasteiger partial charge in [0.15, 0.2) is 5.96 Å². The molecule has 0 unspecified atom stereocenters. The van der Waals surface area contributed by atoms with Crippen molar-refractivity contribution in [3.05, 3.63) is 35.4 Å². The Labute approximate surface area is 181 Å². The molecule has 27 heavy (non-hydrogen) atoms. The first kappa shape index (κ1) is 22.4. The maximum atomic E-state index is 9.82. The van der Waals surface area contributed by atoms with E-state index in [4.69, 9.17) is 4.99 Å². The van der Waals surface area contributed by atoms with Crippen molar-refractivity contribution < 1.29 is 5.11 Å². The average molecular weight is 486 g/mol. The van der Waals surface area contributed by atoms with Gasteiger partial charge in [-0.25, -0.2) is 4.99 Å². The minimum atomic E-state index is -0.228. The normalized spacial score (nSPS) is 21.6. The highest BCUT2D eigenvalue weighted by Gasteiger charge is 2.22. The lowest BCUT2D eigenvalue weighted by Gasteiger charge is -2.22. The van der Waals surface area contributed by atoms with Gasteiger partial charge in [0.2, 0.25) is 0 Å². The molecule has 2 fully saturated rings. The lowest BCUT2D eigenvalue weighted by Crippen LogP contribution is -2.40. The Morgan fingerprint density at radius 3 is 2.44 bits per heavy atom. The first-order valence-electron chi connectivity index (χ1n) is 10.3. The van der Waals surface area contributed by atoms with Crippen LogP contribution in [0.3, 0.4) is 0 Å². The number of benzene rings is 1. The number of β-amino-alcohol motifs (C(OH)–C–C–N with tert-alkyl or cyclic N) is 1. The zero-order valence-electron chi connectivity index (χ0n) is 16.6. The van der Waals surface area contributed by atoms with Gasteiger partial charge in [-0.15, -0.1) is 24.0 Å². The van der Waals surface area contributed by atoms with Gasteiger partial charge in [-0.2, -0.15) is 0 Å². The Morgan fingerprint density at radius 2 is 1.81 bits per heavy atom. The molecule has 0 amide bonds. The van der Waals surface area contributed by atoms with Crippen LogP contribution < -0.4 is 5.32 Å². The fourth-order valence-corrected chi connectivity index (χ4v) is 3.92. The van der Waals surface area contributed by atoms with Crippen LogP contribution in [-0.2, 0) is 13.1 Å². The number of aliphatic imine (C=N–C) groups is 1. The predicted octanol–water partition coefficient (Wildman–Crippen LogP) is 3.21. The third kappa shape index (κ3) is 6.91. The predicted molar refractivity (Wildman–Crippen MR) is 123 cm³/mol. The first-order valence-corrected chi connectivity index (χ1v) is 10.3. The summed E-state index contributed by atoms with van der Waals surface area (Å²) in [6, 6.07) is 8.72. The second-order valence-electron chi connectivity index (χ2n) is 7.52. The minimum Gasteiger partial charge on any atom is -0.391 e. The van der Waals surface area contributed by atoms with E-state index in [1.165, 1.54) is 49.9 Å². The van der Waals surface area contributed by atoms with Crippen LogP contribution in [0.15, 0.2) is 29.3 Å². The van der Waals surface area contributed by atoms with E-state index in [9.17, 15) is 5.11 Å². The van der Waals surface area contributed by atoms with E-state index in [1.807, 2.05) is 0 Å². The fraction of sp³-hybridized carbons (Fsp3) is 0.667. The molecule has 2 heterocycles. The van der Waals surface area contributed by atoms with Crippen molar-refractivity contribution in [2.75, 3.05) is 32.7 Å². The zero-order valence-corrected chi connectivity index (χ0v) is 18.9. The summed E-state index contributed by atoms with van der Waals surface area (Å²) < 4.78 is 0. The quantitative estimate of drug-likeness (QED) is 0.382. The van der Waals surface area contributed by atoms with Crippen LogP contribution in [-0.4, -0.2) is 59.7 Å². The summed E-state index contributed by atoms with van der Waals surface area (Å²) in [5, 5.41) is 13.2. The number of nitrogens with zero attached hydrogens (tertiary/aromatic N) is 3. The highest BCUT2D eigenvalue weighted by atomic mass is 127. The lowest BCUT2D eigenvalue weighted by molar-refractivity contribution is 0.188. The van der Waals surface area contributed by atoms with Crippen molar-refractivity contribution in [3.8, 4) is 0 Å². The molecule has 1 atom stereocenters. The van der Waals surface area contributed by atoms with E-state index in [-0.39, 0.29) is 30.1 Å². The molecule has 0 radical (unpaired) electrons. The first-order chi connectivity index (χ1) is 12.8. The largest absolute Gasteiger partial charge is 0.391 e. The number of aliphatic hydroxyl groups is 1. The molecule has 1 aromatic rings. The van der Waals surface area contributed by atoms with Gasteiger partial charge in [0.25, 0.3) is 0 Å². The Morgan fingerprint density at radius 1 is 1.11 bits per heavy atom. The van der Waals surface area contributed by atoms with Crippen LogP contribution in [0.4, 0.5) is 0 Å². The third-order valence-corrected chi connectivity index (χ3v) is 5.41. The summed E-state index contributed by atoms with van der Waals surface area (Å²) in [4.78, 5) is 9.64. The summed E-state index contributed by atoms with van der Waals surface area (Å²) in [6.07, 6.45) is 5.99. The second kappa shape index (κ2) is 11.9. The molecule has 2 aliphatic heterocycles. The number of halogens is 1. The molecule has 0 aromatic heterocycles. The molecule has 2 saturated heterocycles. The molecule has 0 aliphatic carbocycles. The summed E-state index contributed by atoms with van der Waals surface area (Å²) in [6.45, 7) is 8.65. The Balaban J connectivity index is 0.00000261. The number of nitrogens with one attached hydrogen (secondary N) is 1. The van der Waals surface area contributed by atoms with Gasteiger partial charge >= 0.3 is 0 Å². The molecule has 5 nitrogen and oxygen atoms in total. The van der Waals surface area contributed by atoms with Gasteiger partial charge in [-0.3, -0.25) is 4.90 Å². The molecule has 0 spiro atoms. The fourth-order valence-electron chi connectivity index (χ4n) is 3.92. The van der Waals surface area contributed by atoms with Gasteiger partial charge < -0.3 is 15.3 Å². The molecule has 0 saturated carbocycles. The summed E-state index contributed by atoms with van der Waals surface area (Å²) in [7, 11) is 0. The number of hydrogen-bond donors (Lipinski definition) is 2. The molecule has 1 aromatic carbocycles. The third-order valence-electron chi connectivity index (χ3n) is 5.41. The zero-order chi connectivity index (χ0) is 18.2. The molecule has 3 rings (SSSR count). The van der Waals surface area contributed by atoms with Gasteiger partial charge in [-0.1, -0.05) is 37.1 Å². The molecule has 2 aliphatic rings. The van der Waals surface area contributed by atoms with Crippen LogP contribution in [0.5, 0.6) is 0 Å². The van der Waals surface area contributed by atoms with E-state index >= 15 is 0 Å². The maximum absolute atomic E-state index is 9.82. The SMILES string of the molecule is CCNC(=NCc1ccccc1CN1CCCCCC1)N1CC[C@@H](O)C1.I. The average Bonchev–Trinajstić information content (AvgIpc) is 2.91. The van der Waals surface area contributed by atoms with Crippen molar-refractivity contribution in [1.82, 2.24) is 15.1 Å². The Hall–Kier alpha value is -0.860. The molecule has 2 N–H and O–H groups in total. The lowest BCUT2D eigenvalue weighted by atomic mass is 10.1. The summed E-state index contributed by atoms with van der Waals surface area (Å²) in [5.41, 5.74) is 2.71. The Kier molecular flexibility index (Phi) is 9.86. The van der Waals surface area contributed by atoms with Crippen LogP contribution in [0.2, 0.25) is 0 Å². The Bertz CT molecular complexity index is 587. The van der Waals surface area contributed by atoms with E-state index in [0.717, 1.165) is 32.0 Å². The number of guanidine groups is 1. The highest BCUT2D eigenvalue weighted by molar-refractivity contribution is 14.0. The molecule has 6 heteroatoms. The molecular formula is C21H35IN4O. The standard InChI is InChI=1S/C21H34N4O.HI/c1-2-22-21(25-14-11-20(26)17-25)23-15-18-9-5-6-10-19(18)16-24-12-7-3-4-8-13-24;/h5-6,9-10,20,26H,2-4,7-8,11-17H2,1H3,(H,22,23);1H/t20-;/m1./s1. The maximum Gasteiger partial charge on any atom is 0.194 e. The van der Waals surface area contributed by atoms with Crippen LogP contribution >= 0.6 is 24.0 Å². The van der Waals surface area contributed by atoms with Crippen molar-refractivity contribution in [2.45, 2.75) is 58.2 Å². The smallest absolute Gasteiger partial charge is 0.194 e. The highest BCUT2D eigenvalue weighted by Crippen LogP contribution is 2.17. The van der Waals surface area contributed by atoms with Crippen LogP contribution in [0.25, 0.3) is 0 Å². The number of aliphatic hydroxyl groups excluding tert-OH is 1. The van der Waals surface area contributed by atoms with Crippen molar-refractivity contribution >= 4 is 29.9 Å². The van der Waals surface area contributed by atoms with Crippen molar-refractivity contribution in [1.29, 1.82) is 0 Å². The van der Waals surface area contributed by atoms with Crippen LogP contribution in [0, 0.1) is 0 Å². The van der Waals surface area contributed by atoms with E-state index in [2.05, 4.69) is 46.3 Å². The monoisotopic (exact) mass is 486 g/mol. The molecule has 152 valence electrons. The topological polar surface area (TPSA) is 51.1 Å². The van der Waals surface area contributed by atoms with Gasteiger partial charge in [-0.05, 0) is 50.4 Å². The molecular weight excluding hydrogens is 451 g/mol. The minimum absolute atomic E-state index is 0. The summed E-state index contributed by atoms with van der Waals surface area (Å²) in [5.74, 6) is 0.925. The van der Waals surface area contributed by atoms with Crippen molar-refractivity contribution in [2.24, 2.45) is 4.99 Å². The van der Waals surface area contributed by atoms with E-state index in [0.29, 0.717) is 13.1 Å². The number of rotatable bonds is 5. The van der Waals surface area contributed by atoms with Gasteiger partial charge in [0.05, 0.1) is 12.6 Å². The van der Waals surface area contributed by atoms with Gasteiger partial charge in [0.1, 0.15) is 0 Å².